The lowest BCUT2D eigenvalue weighted by molar-refractivity contribution is 0.198. The second kappa shape index (κ2) is 7.35. The largest absolute Gasteiger partial charge is 0.466 e. The molecule has 1 aliphatic heterocycles. The molecule has 0 aliphatic carbocycles. The summed E-state index contributed by atoms with van der Waals surface area (Å²) in [6.07, 6.45) is 3.47. The molecule has 2 N–H and O–H groups in total. The predicted molar refractivity (Wildman–Crippen MR) is 107 cm³/mol. The molecule has 4 rings (SSSR count). The summed E-state index contributed by atoms with van der Waals surface area (Å²) in [6, 6.07) is 8.15. The number of nitrogens with two attached hydrogens (primary N) is 1. The van der Waals surface area contributed by atoms with Crippen LogP contribution >= 0.6 is 0 Å². The number of hydrogen-bond acceptors (Lipinski definition) is 5. The zero-order chi connectivity index (χ0) is 19.0. The number of piperidine rings is 1. The molecule has 2 unspecified atom stereocenters. The van der Waals surface area contributed by atoms with Crippen LogP contribution in [0.2, 0.25) is 0 Å². The van der Waals surface area contributed by atoms with E-state index in [1.807, 2.05) is 32.0 Å². The minimum atomic E-state index is 0.433. The molecule has 1 fully saturated rings. The number of furan rings is 1. The summed E-state index contributed by atoms with van der Waals surface area (Å²) in [5.74, 6) is 3.63. The van der Waals surface area contributed by atoms with Gasteiger partial charge in [-0.2, -0.15) is 9.61 Å². The molecule has 6 heteroatoms. The normalized spacial score (nSPS) is 19.6. The van der Waals surface area contributed by atoms with Gasteiger partial charge in [0, 0.05) is 30.5 Å². The molecule has 0 spiro atoms. The lowest BCUT2D eigenvalue weighted by atomic mass is 9.93. The van der Waals surface area contributed by atoms with E-state index in [9.17, 15) is 0 Å². The van der Waals surface area contributed by atoms with Crippen LogP contribution in [0.3, 0.4) is 0 Å². The summed E-state index contributed by atoms with van der Waals surface area (Å²) in [5, 5.41) is 4.40. The first-order chi connectivity index (χ1) is 13.0. The molecular weight excluding hydrogens is 338 g/mol. The van der Waals surface area contributed by atoms with Gasteiger partial charge in [0.1, 0.15) is 17.3 Å². The summed E-state index contributed by atoms with van der Waals surface area (Å²) in [7, 11) is 0. The van der Waals surface area contributed by atoms with Gasteiger partial charge in [0.25, 0.3) is 0 Å². The third-order valence-corrected chi connectivity index (χ3v) is 5.65. The first kappa shape index (κ1) is 18.0. The van der Waals surface area contributed by atoms with Gasteiger partial charge in [0.05, 0.1) is 11.4 Å². The van der Waals surface area contributed by atoms with Crippen molar-refractivity contribution in [1.29, 1.82) is 0 Å². The van der Waals surface area contributed by atoms with Gasteiger partial charge in [0.2, 0.25) is 0 Å². The zero-order valence-electron chi connectivity index (χ0n) is 16.5. The third-order valence-electron chi connectivity index (χ3n) is 5.65. The maximum atomic E-state index is 6.21. The Balaban J connectivity index is 1.42. The molecule has 0 radical (unpaired) electrons. The first-order valence-electron chi connectivity index (χ1n) is 9.91. The van der Waals surface area contributed by atoms with Gasteiger partial charge >= 0.3 is 0 Å². The number of nitrogens with zero attached hydrogens (tertiary/aromatic N) is 4. The van der Waals surface area contributed by atoms with Crippen molar-refractivity contribution in [2.75, 3.05) is 25.4 Å². The lowest BCUT2D eigenvalue weighted by Crippen LogP contribution is -2.35. The van der Waals surface area contributed by atoms with Gasteiger partial charge in [-0.1, -0.05) is 6.92 Å². The number of rotatable bonds is 5. The minimum absolute atomic E-state index is 0.433. The smallest absolute Gasteiger partial charge is 0.157 e. The minimum Gasteiger partial charge on any atom is -0.466 e. The molecule has 27 heavy (non-hydrogen) atoms. The van der Waals surface area contributed by atoms with E-state index in [1.165, 1.54) is 12.8 Å². The van der Waals surface area contributed by atoms with E-state index < -0.39 is 0 Å². The standard InChI is InChI=1S/C21H29N5O/c1-14(19-7-6-16(3)27-19)8-10-25-9-4-5-17(13-25)18-12-20(22)26-21(23-18)11-15(2)24-26/h6-7,11-12,14,17H,4-5,8-10,13,22H2,1-3H3. The molecule has 0 saturated carbocycles. The number of aryl methyl sites for hydroxylation is 2. The molecule has 3 aromatic rings. The fourth-order valence-electron chi connectivity index (χ4n) is 4.08. The highest BCUT2D eigenvalue weighted by molar-refractivity contribution is 5.48. The second-order valence-electron chi connectivity index (χ2n) is 7.94. The van der Waals surface area contributed by atoms with Crippen LogP contribution in [0.25, 0.3) is 5.65 Å². The summed E-state index contributed by atoms with van der Waals surface area (Å²) in [5.41, 5.74) is 9.10. The fourth-order valence-corrected chi connectivity index (χ4v) is 4.08. The third kappa shape index (κ3) is 3.86. The summed E-state index contributed by atoms with van der Waals surface area (Å²) in [4.78, 5) is 7.40. The zero-order valence-corrected chi connectivity index (χ0v) is 16.5. The van der Waals surface area contributed by atoms with Crippen molar-refractivity contribution in [3.63, 3.8) is 0 Å². The molecule has 0 aromatic carbocycles. The summed E-state index contributed by atoms with van der Waals surface area (Å²) in [6.45, 7) is 9.50. The Labute approximate surface area is 160 Å². The Morgan fingerprint density at radius 3 is 2.93 bits per heavy atom. The maximum Gasteiger partial charge on any atom is 0.157 e. The molecule has 0 amide bonds. The van der Waals surface area contributed by atoms with Crippen LogP contribution in [0.1, 0.15) is 60.9 Å². The van der Waals surface area contributed by atoms with Crippen molar-refractivity contribution in [2.24, 2.45) is 0 Å². The molecule has 1 saturated heterocycles. The molecule has 4 heterocycles. The van der Waals surface area contributed by atoms with Gasteiger partial charge in [-0.05, 0) is 58.3 Å². The Morgan fingerprint density at radius 2 is 2.15 bits per heavy atom. The van der Waals surface area contributed by atoms with Gasteiger partial charge in [-0.15, -0.1) is 0 Å². The summed E-state index contributed by atoms with van der Waals surface area (Å²) < 4.78 is 7.51. The Hall–Kier alpha value is -2.34. The van der Waals surface area contributed by atoms with Crippen molar-refractivity contribution in [2.45, 2.75) is 51.9 Å². The second-order valence-corrected chi connectivity index (χ2v) is 7.94. The van der Waals surface area contributed by atoms with Gasteiger partial charge in [-0.3, -0.25) is 0 Å². The van der Waals surface area contributed by atoms with Gasteiger partial charge in [-0.25, -0.2) is 4.98 Å². The van der Waals surface area contributed by atoms with Gasteiger partial charge in [0.15, 0.2) is 5.65 Å². The van der Waals surface area contributed by atoms with E-state index in [1.54, 1.807) is 4.52 Å². The van der Waals surface area contributed by atoms with E-state index in [0.717, 1.165) is 54.6 Å². The number of fused-ring (bicyclic) bond motifs is 1. The number of likely N-dealkylation sites (tertiary alicyclic amines) is 1. The molecule has 144 valence electrons. The Morgan fingerprint density at radius 1 is 1.30 bits per heavy atom. The topological polar surface area (TPSA) is 72.6 Å². The fraction of sp³-hybridized carbons (Fsp3) is 0.524. The summed E-state index contributed by atoms with van der Waals surface area (Å²) >= 11 is 0. The van der Waals surface area contributed by atoms with Crippen molar-refractivity contribution in [3.05, 3.63) is 47.2 Å². The van der Waals surface area contributed by atoms with Crippen molar-refractivity contribution in [1.82, 2.24) is 19.5 Å². The number of nitrogen functional groups attached to an aromatic ring is 1. The predicted octanol–water partition coefficient (Wildman–Crippen LogP) is 3.89. The van der Waals surface area contributed by atoms with E-state index in [4.69, 9.17) is 15.1 Å². The van der Waals surface area contributed by atoms with E-state index in [2.05, 4.69) is 23.0 Å². The molecule has 6 nitrogen and oxygen atoms in total. The highest BCUT2D eigenvalue weighted by Crippen LogP contribution is 2.29. The van der Waals surface area contributed by atoms with Crippen molar-refractivity contribution in [3.8, 4) is 0 Å². The monoisotopic (exact) mass is 367 g/mol. The van der Waals surface area contributed by atoms with E-state index >= 15 is 0 Å². The van der Waals surface area contributed by atoms with Crippen molar-refractivity contribution >= 4 is 11.5 Å². The number of anilines is 1. The molecular formula is C21H29N5O. The van der Waals surface area contributed by atoms with Gasteiger partial charge < -0.3 is 15.1 Å². The quantitative estimate of drug-likeness (QED) is 0.740. The molecule has 2 atom stereocenters. The average Bonchev–Trinajstić information content (AvgIpc) is 3.25. The van der Waals surface area contributed by atoms with Crippen LogP contribution in [0, 0.1) is 13.8 Å². The SMILES string of the molecule is Cc1cc2nc(C3CCCN(CCC(C)c4ccc(C)o4)C3)cc(N)n2n1. The molecule has 3 aromatic heterocycles. The van der Waals surface area contributed by atoms with Crippen LogP contribution in [0.15, 0.2) is 28.7 Å². The Bertz CT molecular complexity index is 928. The molecule has 0 bridgehead atoms. The van der Waals surface area contributed by atoms with Crippen LogP contribution in [0.5, 0.6) is 0 Å². The number of hydrogen-bond donors (Lipinski definition) is 1. The highest BCUT2D eigenvalue weighted by atomic mass is 16.3. The maximum absolute atomic E-state index is 6.21. The van der Waals surface area contributed by atoms with E-state index in [-0.39, 0.29) is 0 Å². The first-order valence-corrected chi connectivity index (χ1v) is 9.91. The molecule has 1 aliphatic rings. The van der Waals surface area contributed by atoms with Crippen LogP contribution in [0.4, 0.5) is 5.82 Å². The average molecular weight is 367 g/mol. The van der Waals surface area contributed by atoms with Crippen molar-refractivity contribution < 1.29 is 4.42 Å². The highest BCUT2D eigenvalue weighted by Gasteiger charge is 2.24. The number of aromatic nitrogens is 3. The van der Waals surface area contributed by atoms with Crippen LogP contribution < -0.4 is 5.73 Å². The lowest BCUT2D eigenvalue weighted by Gasteiger charge is -2.33. The van der Waals surface area contributed by atoms with Crippen LogP contribution in [-0.4, -0.2) is 39.1 Å². The Kier molecular flexibility index (Phi) is 4.91. The van der Waals surface area contributed by atoms with E-state index in [0.29, 0.717) is 17.7 Å². The van der Waals surface area contributed by atoms with Crippen LogP contribution in [-0.2, 0) is 0 Å².